The summed E-state index contributed by atoms with van der Waals surface area (Å²) in [6, 6.07) is 8.46. The molecule has 20 heavy (non-hydrogen) atoms. The van der Waals surface area contributed by atoms with E-state index >= 15 is 0 Å². The normalized spacial score (nSPS) is 18.4. The first-order valence-electron chi connectivity index (χ1n) is 7.26. The molecule has 0 spiro atoms. The van der Waals surface area contributed by atoms with Gasteiger partial charge in [0.1, 0.15) is 0 Å². The molecule has 1 aliphatic carbocycles. The fraction of sp³-hybridized carbons (Fsp3) is 0.412. The number of nitrogens with zero attached hydrogens (tertiary/aromatic N) is 2. The van der Waals surface area contributed by atoms with Crippen LogP contribution in [0.3, 0.4) is 0 Å². The summed E-state index contributed by atoms with van der Waals surface area (Å²) in [5.74, 6) is 1.15. The molecule has 1 atom stereocenters. The molecule has 0 amide bonds. The van der Waals surface area contributed by atoms with Gasteiger partial charge >= 0.3 is 0 Å². The van der Waals surface area contributed by atoms with Crippen LogP contribution in [0.25, 0.3) is 5.69 Å². The molecule has 3 heteroatoms. The summed E-state index contributed by atoms with van der Waals surface area (Å²) in [6.45, 7) is 6.50. The molecule has 0 aliphatic heterocycles. The van der Waals surface area contributed by atoms with Gasteiger partial charge in [-0.1, -0.05) is 32.9 Å². The molecule has 1 heterocycles. The van der Waals surface area contributed by atoms with E-state index in [-0.39, 0.29) is 5.78 Å². The Morgan fingerprint density at radius 2 is 1.90 bits per heavy atom. The number of rotatable bonds is 2. The van der Waals surface area contributed by atoms with E-state index in [2.05, 4.69) is 50.1 Å². The van der Waals surface area contributed by atoms with Crippen molar-refractivity contribution in [3.8, 4) is 5.69 Å². The van der Waals surface area contributed by atoms with E-state index in [4.69, 9.17) is 0 Å². The molecule has 104 valence electrons. The highest BCUT2D eigenvalue weighted by Crippen LogP contribution is 2.27. The Labute approximate surface area is 119 Å². The van der Waals surface area contributed by atoms with E-state index in [1.807, 2.05) is 4.68 Å². The quantitative estimate of drug-likeness (QED) is 0.831. The molecule has 0 radical (unpaired) electrons. The Balaban J connectivity index is 2.01. The Morgan fingerprint density at radius 1 is 1.20 bits per heavy atom. The summed E-state index contributed by atoms with van der Waals surface area (Å²) < 4.78 is 1.92. The minimum atomic E-state index is 0.226. The van der Waals surface area contributed by atoms with Gasteiger partial charge < -0.3 is 0 Å². The maximum Gasteiger partial charge on any atom is 0.166 e. The molecule has 0 saturated carbocycles. The number of hydrogen-bond donors (Lipinski definition) is 0. The van der Waals surface area contributed by atoms with Gasteiger partial charge in [-0.15, -0.1) is 0 Å². The molecule has 1 aromatic carbocycles. The molecule has 3 nitrogen and oxygen atoms in total. The second kappa shape index (κ2) is 4.89. The van der Waals surface area contributed by atoms with Crippen molar-refractivity contribution in [2.45, 2.75) is 39.5 Å². The number of benzene rings is 1. The summed E-state index contributed by atoms with van der Waals surface area (Å²) in [4.78, 5) is 12.0. The Morgan fingerprint density at radius 3 is 2.55 bits per heavy atom. The number of hydrogen-bond acceptors (Lipinski definition) is 2. The number of carbonyl (C=O) groups excluding carboxylic acids is 1. The average Bonchev–Trinajstić information content (AvgIpc) is 2.82. The summed E-state index contributed by atoms with van der Waals surface area (Å²) in [5, 5.41) is 4.42. The van der Waals surface area contributed by atoms with Crippen molar-refractivity contribution in [2.75, 3.05) is 0 Å². The third kappa shape index (κ3) is 2.17. The second-order valence-corrected chi connectivity index (χ2v) is 6.10. The largest absolute Gasteiger partial charge is 0.294 e. The van der Waals surface area contributed by atoms with Gasteiger partial charge in [0.05, 0.1) is 23.1 Å². The van der Waals surface area contributed by atoms with E-state index in [0.29, 0.717) is 18.3 Å². The van der Waals surface area contributed by atoms with Crippen LogP contribution in [0.5, 0.6) is 0 Å². The van der Waals surface area contributed by atoms with Crippen LogP contribution >= 0.6 is 0 Å². The predicted molar refractivity (Wildman–Crippen MR) is 79.5 cm³/mol. The van der Waals surface area contributed by atoms with Crippen molar-refractivity contribution in [1.82, 2.24) is 9.78 Å². The molecule has 0 N–H and O–H groups in total. The van der Waals surface area contributed by atoms with Gasteiger partial charge in [0.2, 0.25) is 0 Å². The van der Waals surface area contributed by atoms with Crippen LogP contribution < -0.4 is 0 Å². The third-order valence-electron chi connectivity index (χ3n) is 4.05. The molecule has 0 unspecified atom stereocenters. The standard InChI is InChI=1S/C17H20N2O/c1-11(2)13-4-6-14(7-5-13)19-16-8-12(3)9-17(20)15(16)10-18-19/h4-7,10-12H,8-9H2,1-3H3/t12-/m0/s1. The van der Waals surface area contributed by atoms with Crippen molar-refractivity contribution >= 4 is 5.78 Å². The molecule has 0 fully saturated rings. The van der Waals surface area contributed by atoms with Gasteiger partial charge in [-0.3, -0.25) is 4.79 Å². The highest BCUT2D eigenvalue weighted by Gasteiger charge is 2.26. The zero-order valence-corrected chi connectivity index (χ0v) is 12.3. The van der Waals surface area contributed by atoms with Crippen molar-refractivity contribution in [1.29, 1.82) is 0 Å². The van der Waals surface area contributed by atoms with Gasteiger partial charge in [-0.05, 0) is 36.0 Å². The summed E-state index contributed by atoms with van der Waals surface area (Å²) in [5.41, 5.74) is 4.22. The van der Waals surface area contributed by atoms with Crippen LogP contribution in [0.15, 0.2) is 30.5 Å². The lowest BCUT2D eigenvalue weighted by Crippen LogP contribution is -2.19. The third-order valence-corrected chi connectivity index (χ3v) is 4.05. The first-order chi connectivity index (χ1) is 9.56. The van der Waals surface area contributed by atoms with E-state index in [1.165, 1.54) is 5.56 Å². The van der Waals surface area contributed by atoms with Crippen LogP contribution in [0.4, 0.5) is 0 Å². The van der Waals surface area contributed by atoms with Crippen molar-refractivity contribution in [3.05, 3.63) is 47.3 Å². The topological polar surface area (TPSA) is 34.9 Å². The second-order valence-electron chi connectivity index (χ2n) is 6.10. The van der Waals surface area contributed by atoms with Gasteiger partial charge in [0.15, 0.2) is 5.78 Å². The van der Waals surface area contributed by atoms with E-state index in [1.54, 1.807) is 6.20 Å². The molecular weight excluding hydrogens is 248 g/mol. The first-order valence-corrected chi connectivity index (χ1v) is 7.26. The Bertz CT molecular complexity index is 638. The van der Waals surface area contributed by atoms with Crippen LogP contribution in [0.1, 0.15) is 54.7 Å². The summed E-state index contributed by atoms with van der Waals surface area (Å²) >= 11 is 0. The van der Waals surface area contributed by atoms with Gasteiger partial charge in [-0.2, -0.15) is 5.10 Å². The number of aromatic nitrogens is 2. The maximum atomic E-state index is 12.0. The minimum Gasteiger partial charge on any atom is -0.294 e. The molecular formula is C17H20N2O. The zero-order chi connectivity index (χ0) is 14.3. The molecule has 0 bridgehead atoms. The average molecular weight is 268 g/mol. The van der Waals surface area contributed by atoms with Gasteiger partial charge in [-0.25, -0.2) is 4.68 Å². The number of Topliss-reactive ketones (excluding diaryl/α,β-unsaturated/α-hetero) is 1. The first kappa shape index (κ1) is 13.1. The lowest BCUT2D eigenvalue weighted by Gasteiger charge is -2.19. The fourth-order valence-corrected chi connectivity index (χ4v) is 2.85. The maximum absolute atomic E-state index is 12.0. The summed E-state index contributed by atoms with van der Waals surface area (Å²) in [7, 11) is 0. The van der Waals surface area contributed by atoms with E-state index in [0.717, 1.165) is 23.4 Å². The highest BCUT2D eigenvalue weighted by molar-refractivity contribution is 5.98. The number of carbonyl (C=O) groups is 1. The van der Waals surface area contributed by atoms with Crippen LogP contribution in [0, 0.1) is 5.92 Å². The summed E-state index contributed by atoms with van der Waals surface area (Å²) in [6.07, 6.45) is 3.29. The van der Waals surface area contributed by atoms with Crippen molar-refractivity contribution in [2.24, 2.45) is 5.92 Å². The zero-order valence-electron chi connectivity index (χ0n) is 12.3. The lowest BCUT2D eigenvalue weighted by molar-refractivity contribution is 0.0952. The molecule has 0 saturated heterocycles. The van der Waals surface area contributed by atoms with Gasteiger partial charge in [0.25, 0.3) is 0 Å². The number of fused-ring (bicyclic) bond motifs is 1. The molecule has 1 aliphatic rings. The van der Waals surface area contributed by atoms with Crippen LogP contribution in [-0.2, 0) is 6.42 Å². The van der Waals surface area contributed by atoms with Crippen molar-refractivity contribution < 1.29 is 4.79 Å². The van der Waals surface area contributed by atoms with Crippen LogP contribution in [-0.4, -0.2) is 15.6 Å². The molecule has 1 aromatic heterocycles. The van der Waals surface area contributed by atoms with Gasteiger partial charge in [0, 0.05) is 6.42 Å². The SMILES string of the molecule is CC(C)c1ccc(-n2ncc3c2C[C@H](C)CC3=O)cc1. The van der Waals surface area contributed by atoms with Crippen LogP contribution in [0.2, 0.25) is 0 Å². The van der Waals surface area contributed by atoms with Crippen molar-refractivity contribution in [3.63, 3.8) is 0 Å². The Hall–Kier alpha value is -1.90. The van der Waals surface area contributed by atoms with E-state index < -0.39 is 0 Å². The lowest BCUT2D eigenvalue weighted by atomic mass is 9.88. The predicted octanol–water partition coefficient (Wildman–Crippen LogP) is 3.76. The highest BCUT2D eigenvalue weighted by atomic mass is 16.1. The Kier molecular flexibility index (Phi) is 3.20. The minimum absolute atomic E-state index is 0.226. The monoisotopic (exact) mass is 268 g/mol. The van der Waals surface area contributed by atoms with E-state index in [9.17, 15) is 4.79 Å². The number of ketones is 1. The molecule has 2 aromatic rings. The fourth-order valence-electron chi connectivity index (χ4n) is 2.85. The smallest absolute Gasteiger partial charge is 0.166 e. The molecule has 3 rings (SSSR count).